The first-order valence-corrected chi connectivity index (χ1v) is 13.1. The summed E-state index contributed by atoms with van der Waals surface area (Å²) >= 11 is 6.02. The van der Waals surface area contributed by atoms with E-state index in [9.17, 15) is 13.2 Å². The smallest absolute Gasteiger partial charge is 0.320 e. The van der Waals surface area contributed by atoms with Gasteiger partial charge in [0.2, 0.25) is 0 Å². The molecule has 2 amide bonds. The average Bonchev–Trinajstić information content (AvgIpc) is 3.44. The molecule has 1 unspecified atom stereocenters. The second-order valence-electron chi connectivity index (χ2n) is 8.69. The van der Waals surface area contributed by atoms with E-state index in [0.717, 1.165) is 24.1 Å². The van der Waals surface area contributed by atoms with E-state index in [1.54, 1.807) is 18.3 Å². The van der Waals surface area contributed by atoms with Crippen molar-refractivity contribution in [1.82, 2.24) is 24.8 Å². The average molecular weight is 486 g/mol. The molecule has 172 valence electrons. The number of amides is 2. The fourth-order valence-electron chi connectivity index (χ4n) is 4.57. The molecule has 0 saturated carbocycles. The van der Waals surface area contributed by atoms with Crippen molar-refractivity contribution in [2.75, 3.05) is 32.4 Å². The summed E-state index contributed by atoms with van der Waals surface area (Å²) in [6, 6.07) is 13.1. The first-order valence-electron chi connectivity index (χ1n) is 10.8. The minimum Gasteiger partial charge on any atom is -0.323 e. The molecule has 2 saturated heterocycles. The largest absolute Gasteiger partial charge is 0.323 e. The van der Waals surface area contributed by atoms with E-state index >= 15 is 0 Å². The maximum Gasteiger partial charge on any atom is 0.320 e. The Morgan fingerprint density at radius 2 is 1.82 bits per heavy atom. The van der Waals surface area contributed by atoms with Gasteiger partial charge < -0.3 is 9.80 Å². The number of urea groups is 1. The number of hydrogen-bond donors (Lipinski definition) is 0. The van der Waals surface area contributed by atoms with E-state index in [2.05, 4.69) is 10.3 Å². The zero-order chi connectivity index (χ0) is 23.2. The van der Waals surface area contributed by atoms with Crippen LogP contribution < -0.4 is 0 Å². The molecular formula is C23H24ClN5O3S. The van der Waals surface area contributed by atoms with Crippen LogP contribution in [0.15, 0.2) is 59.8 Å². The molecule has 1 aromatic heterocycles. The van der Waals surface area contributed by atoms with E-state index in [1.165, 1.54) is 12.3 Å². The van der Waals surface area contributed by atoms with Gasteiger partial charge in [0.1, 0.15) is 0 Å². The molecule has 8 nitrogen and oxygen atoms in total. The van der Waals surface area contributed by atoms with Crippen molar-refractivity contribution >= 4 is 27.5 Å². The van der Waals surface area contributed by atoms with Crippen LogP contribution in [0, 0.1) is 0 Å². The normalized spacial score (nSPS) is 19.0. The SMILES string of the molecule is CS(=O)(=O)c1cc(Cl)ccc1-c1ccc(C2CN(C(=O)N3CCC(n4ccnn4)C3)C2)cc1. The molecule has 10 heteroatoms. The first kappa shape index (κ1) is 21.9. The topological polar surface area (TPSA) is 88.4 Å². The molecule has 0 bridgehead atoms. The van der Waals surface area contributed by atoms with Crippen molar-refractivity contribution in [2.45, 2.75) is 23.3 Å². The molecule has 1 atom stereocenters. The lowest BCUT2D eigenvalue weighted by Crippen LogP contribution is -2.53. The second kappa shape index (κ2) is 8.46. The lowest BCUT2D eigenvalue weighted by atomic mass is 9.90. The summed E-state index contributed by atoms with van der Waals surface area (Å²) in [4.78, 5) is 16.8. The molecule has 0 N–H and O–H groups in total. The molecule has 0 spiro atoms. The van der Waals surface area contributed by atoms with Crippen LogP contribution in [0.5, 0.6) is 0 Å². The third-order valence-corrected chi connectivity index (χ3v) is 7.81. The number of rotatable bonds is 4. The summed E-state index contributed by atoms with van der Waals surface area (Å²) in [5.41, 5.74) is 2.59. The molecule has 2 aliphatic rings. The maximum absolute atomic E-state index is 12.9. The van der Waals surface area contributed by atoms with Gasteiger partial charge in [0.15, 0.2) is 9.84 Å². The Morgan fingerprint density at radius 3 is 2.48 bits per heavy atom. The minimum absolute atomic E-state index is 0.0736. The zero-order valence-corrected chi connectivity index (χ0v) is 19.7. The predicted molar refractivity (Wildman–Crippen MR) is 125 cm³/mol. The number of aromatic nitrogens is 3. The van der Waals surface area contributed by atoms with Gasteiger partial charge >= 0.3 is 6.03 Å². The Morgan fingerprint density at radius 1 is 1.06 bits per heavy atom. The van der Waals surface area contributed by atoms with E-state index in [0.29, 0.717) is 30.2 Å². The highest BCUT2D eigenvalue weighted by atomic mass is 35.5. The van der Waals surface area contributed by atoms with Crippen LogP contribution in [0.1, 0.15) is 23.9 Å². The van der Waals surface area contributed by atoms with Gasteiger partial charge in [-0.05, 0) is 29.7 Å². The molecule has 5 rings (SSSR count). The molecule has 33 heavy (non-hydrogen) atoms. The molecule has 3 heterocycles. The van der Waals surface area contributed by atoms with Crippen LogP contribution >= 0.6 is 11.6 Å². The van der Waals surface area contributed by atoms with E-state index in [4.69, 9.17) is 11.6 Å². The molecule has 2 aromatic carbocycles. The number of likely N-dealkylation sites (tertiary alicyclic amines) is 2. The number of nitrogens with zero attached hydrogens (tertiary/aromatic N) is 5. The van der Waals surface area contributed by atoms with Gasteiger partial charge in [-0.3, -0.25) is 0 Å². The van der Waals surface area contributed by atoms with Crippen LogP contribution in [0.4, 0.5) is 4.79 Å². The quantitative estimate of drug-likeness (QED) is 0.564. The maximum atomic E-state index is 12.9. The van der Waals surface area contributed by atoms with Crippen molar-refractivity contribution in [3.63, 3.8) is 0 Å². The van der Waals surface area contributed by atoms with Crippen LogP contribution in [0.2, 0.25) is 5.02 Å². The van der Waals surface area contributed by atoms with Crippen LogP contribution in [-0.2, 0) is 9.84 Å². The Balaban J connectivity index is 1.22. The number of sulfone groups is 1. The van der Waals surface area contributed by atoms with Gasteiger partial charge in [0, 0.05) is 55.1 Å². The molecule has 2 fully saturated rings. The van der Waals surface area contributed by atoms with Crippen molar-refractivity contribution in [3.05, 3.63) is 65.4 Å². The monoisotopic (exact) mass is 485 g/mol. The van der Waals surface area contributed by atoms with E-state index in [-0.39, 0.29) is 22.9 Å². The standard InChI is InChI=1S/C23H24ClN5O3S/c1-33(31,32)22-12-19(24)6-7-21(22)17-4-2-16(3-5-17)18-13-28(14-18)23(30)27-10-8-20(15-27)29-11-9-25-26-29/h2-7,9,11-12,18,20H,8,10,13-15H2,1H3. The lowest BCUT2D eigenvalue weighted by Gasteiger charge is -2.41. The van der Waals surface area contributed by atoms with Crippen molar-refractivity contribution < 1.29 is 13.2 Å². The highest BCUT2D eigenvalue weighted by molar-refractivity contribution is 7.90. The molecule has 0 aliphatic carbocycles. The van der Waals surface area contributed by atoms with Gasteiger partial charge in [-0.1, -0.05) is 47.1 Å². The Hall–Kier alpha value is -2.91. The number of hydrogen-bond acceptors (Lipinski definition) is 5. The number of halogens is 1. The van der Waals surface area contributed by atoms with Crippen LogP contribution in [0.25, 0.3) is 11.1 Å². The third-order valence-electron chi connectivity index (χ3n) is 6.44. The van der Waals surface area contributed by atoms with Crippen LogP contribution in [0.3, 0.4) is 0 Å². The van der Waals surface area contributed by atoms with Gasteiger partial charge in [-0.2, -0.15) is 0 Å². The highest BCUT2D eigenvalue weighted by Crippen LogP contribution is 2.34. The van der Waals surface area contributed by atoms with E-state index in [1.807, 2.05) is 44.9 Å². The summed E-state index contributed by atoms with van der Waals surface area (Å²) in [6.07, 6.45) is 5.56. The second-order valence-corrected chi connectivity index (χ2v) is 11.1. The number of benzene rings is 2. The fourth-order valence-corrected chi connectivity index (χ4v) is 5.73. The summed E-state index contributed by atoms with van der Waals surface area (Å²) < 4.78 is 26.2. The summed E-state index contributed by atoms with van der Waals surface area (Å²) in [6.45, 7) is 2.74. The van der Waals surface area contributed by atoms with Gasteiger partial charge in [0.05, 0.1) is 17.1 Å². The molecule has 2 aliphatic heterocycles. The minimum atomic E-state index is -3.41. The van der Waals surface area contributed by atoms with E-state index < -0.39 is 9.84 Å². The Labute approximate surface area is 197 Å². The Bertz CT molecular complexity index is 1270. The van der Waals surface area contributed by atoms with Gasteiger partial charge in [-0.25, -0.2) is 17.9 Å². The first-order chi connectivity index (χ1) is 15.8. The fraction of sp³-hybridized carbons (Fsp3) is 0.348. The summed E-state index contributed by atoms with van der Waals surface area (Å²) in [7, 11) is -3.41. The lowest BCUT2D eigenvalue weighted by molar-refractivity contribution is 0.120. The van der Waals surface area contributed by atoms with Crippen LogP contribution in [-0.4, -0.2) is 71.7 Å². The highest BCUT2D eigenvalue weighted by Gasteiger charge is 2.37. The zero-order valence-electron chi connectivity index (χ0n) is 18.1. The Kier molecular flexibility index (Phi) is 5.62. The van der Waals surface area contributed by atoms with Gasteiger partial charge in [-0.15, -0.1) is 5.10 Å². The number of carbonyl (C=O) groups is 1. The van der Waals surface area contributed by atoms with Crippen molar-refractivity contribution in [1.29, 1.82) is 0 Å². The predicted octanol–water partition coefficient (Wildman–Crippen LogP) is 3.47. The number of carbonyl (C=O) groups excluding carboxylic acids is 1. The summed E-state index contributed by atoms with van der Waals surface area (Å²) in [5.74, 6) is 0.274. The molecule has 0 radical (unpaired) electrons. The molecule has 3 aromatic rings. The van der Waals surface area contributed by atoms with Crippen molar-refractivity contribution in [2.24, 2.45) is 0 Å². The van der Waals surface area contributed by atoms with Gasteiger partial charge in [0.25, 0.3) is 0 Å². The third kappa shape index (κ3) is 4.35. The summed E-state index contributed by atoms with van der Waals surface area (Å²) in [5, 5.41) is 8.29. The molecular weight excluding hydrogens is 462 g/mol. The van der Waals surface area contributed by atoms with Crippen molar-refractivity contribution in [3.8, 4) is 11.1 Å².